The van der Waals surface area contributed by atoms with Gasteiger partial charge in [0, 0.05) is 5.69 Å². The highest BCUT2D eigenvalue weighted by molar-refractivity contribution is 8.93. The molecule has 0 atom stereocenters. The van der Waals surface area contributed by atoms with Gasteiger partial charge in [0.05, 0.1) is 0 Å². The highest BCUT2D eigenvalue weighted by Gasteiger charge is 2.06. The number of anilines is 1. The Morgan fingerprint density at radius 3 is 1.69 bits per heavy atom. The van der Waals surface area contributed by atoms with Crippen molar-refractivity contribution < 1.29 is 0 Å². The molecular formula is C12H22Br3N. The first-order valence-electron chi connectivity index (χ1n) is 5.13. The lowest BCUT2D eigenvalue weighted by molar-refractivity contribution is 0.984. The molecule has 0 fully saturated rings. The van der Waals surface area contributed by atoms with Gasteiger partial charge < -0.3 is 5.73 Å². The fraction of sp³-hybridized carbons (Fsp3) is 0.500. The van der Waals surface area contributed by atoms with Gasteiger partial charge in [-0.2, -0.15) is 0 Å². The van der Waals surface area contributed by atoms with E-state index in [1.165, 1.54) is 16.7 Å². The Labute approximate surface area is 130 Å². The van der Waals surface area contributed by atoms with Gasteiger partial charge in [0.15, 0.2) is 0 Å². The second kappa shape index (κ2) is 10.6. The average Bonchev–Trinajstić information content (AvgIpc) is 2.17. The molecule has 0 radical (unpaired) electrons. The molecule has 0 spiro atoms. The number of hydrogen-bond donors (Lipinski definition) is 1. The second-order valence-corrected chi connectivity index (χ2v) is 3.33. The van der Waals surface area contributed by atoms with Crippen molar-refractivity contribution in [3.8, 4) is 0 Å². The zero-order chi connectivity index (χ0) is 9.84. The Balaban J connectivity index is -0.000000563. The summed E-state index contributed by atoms with van der Waals surface area (Å²) in [5.41, 5.74) is 11.2. The van der Waals surface area contributed by atoms with Crippen LogP contribution in [0.5, 0.6) is 0 Å². The molecule has 2 N–H and O–H groups in total. The predicted octanol–water partition coefficient (Wildman–Crippen LogP) is 4.69. The van der Waals surface area contributed by atoms with E-state index in [0.717, 1.165) is 24.9 Å². The lowest BCUT2D eigenvalue weighted by Gasteiger charge is -2.13. The molecule has 0 heterocycles. The third-order valence-corrected chi connectivity index (χ3v) is 2.65. The van der Waals surface area contributed by atoms with Gasteiger partial charge in [-0.3, -0.25) is 0 Å². The summed E-state index contributed by atoms with van der Waals surface area (Å²) < 4.78 is 0. The molecule has 0 aliphatic carbocycles. The van der Waals surface area contributed by atoms with Crippen LogP contribution < -0.4 is 5.73 Å². The molecule has 0 saturated heterocycles. The summed E-state index contributed by atoms with van der Waals surface area (Å²) in [4.78, 5) is 0. The van der Waals surface area contributed by atoms with Crippen molar-refractivity contribution in [3.05, 3.63) is 28.8 Å². The van der Waals surface area contributed by atoms with Gasteiger partial charge in [0.1, 0.15) is 0 Å². The van der Waals surface area contributed by atoms with E-state index in [-0.39, 0.29) is 50.9 Å². The maximum Gasteiger partial charge on any atom is 0.0349 e. The molecule has 0 amide bonds. The first-order chi connectivity index (χ1) is 6.24. The molecule has 0 unspecified atom stereocenters. The Kier molecular flexibility index (Phi) is 14.4. The highest BCUT2D eigenvalue weighted by atomic mass is 79.9. The molecule has 0 aliphatic heterocycles. The number of nitrogen functional groups attached to an aromatic ring is 1. The van der Waals surface area contributed by atoms with Gasteiger partial charge in [-0.05, 0) is 42.0 Å². The van der Waals surface area contributed by atoms with E-state index >= 15 is 0 Å². The summed E-state index contributed by atoms with van der Waals surface area (Å²) in [6.07, 6.45) is 3.25. The zero-order valence-corrected chi connectivity index (χ0v) is 15.2. The maximum absolute atomic E-state index is 5.93. The average molecular weight is 420 g/mol. The molecule has 0 aromatic heterocycles. The first-order valence-corrected chi connectivity index (χ1v) is 5.13. The van der Waals surface area contributed by atoms with E-state index in [0.29, 0.717) is 0 Å². The Morgan fingerprint density at radius 1 is 0.812 bits per heavy atom. The predicted molar refractivity (Wildman–Crippen MR) is 90.0 cm³/mol. The maximum atomic E-state index is 5.93. The van der Waals surface area contributed by atoms with Gasteiger partial charge in [0.25, 0.3) is 0 Å². The third kappa shape index (κ3) is 4.76. The van der Waals surface area contributed by atoms with Crippen LogP contribution in [0.1, 0.15) is 37.5 Å². The van der Waals surface area contributed by atoms with Crippen LogP contribution in [0.4, 0.5) is 5.69 Å². The summed E-state index contributed by atoms with van der Waals surface area (Å²) in [5.74, 6) is 0. The Bertz CT molecular complexity index is 301. The topological polar surface area (TPSA) is 26.0 Å². The molecular weight excluding hydrogens is 398 g/mol. The number of nitrogens with two attached hydrogens (primary N) is 1. The lowest BCUT2D eigenvalue weighted by Crippen LogP contribution is -2.02. The zero-order valence-electron chi connectivity index (χ0n) is 10.1. The van der Waals surface area contributed by atoms with Crippen molar-refractivity contribution in [3.63, 3.8) is 0 Å². The van der Waals surface area contributed by atoms with Crippen LogP contribution in [-0.2, 0) is 19.3 Å². The van der Waals surface area contributed by atoms with Crippen LogP contribution >= 0.6 is 50.9 Å². The van der Waals surface area contributed by atoms with E-state index in [9.17, 15) is 0 Å². The van der Waals surface area contributed by atoms with Gasteiger partial charge in [-0.15, -0.1) is 50.9 Å². The molecule has 0 bridgehead atoms. The van der Waals surface area contributed by atoms with Crippen LogP contribution in [0.25, 0.3) is 0 Å². The van der Waals surface area contributed by atoms with Crippen molar-refractivity contribution in [2.45, 2.75) is 40.0 Å². The van der Waals surface area contributed by atoms with Crippen LogP contribution in [0, 0.1) is 0 Å². The Morgan fingerprint density at radius 2 is 1.31 bits per heavy atom. The van der Waals surface area contributed by atoms with Crippen LogP contribution in [0.15, 0.2) is 12.1 Å². The summed E-state index contributed by atoms with van der Waals surface area (Å²) in [6, 6.07) is 4.20. The van der Waals surface area contributed by atoms with Crippen LogP contribution in [-0.4, -0.2) is 0 Å². The molecule has 1 nitrogen and oxygen atoms in total. The van der Waals surface area contributed by atoms with Gasteiger partial charge in [-0.1, -0.05) is 26.8 Å². The number of rotatable bonds is 3. The molecule has 1 rings (SSSR count). The SMILES string of the molecule is Br.Br.Br.CCc1ccc(N)c(CC)c1CC. The van der Waals surface area contributed by atoms with Crippen molar-refractivity contribution in [2.24, 2.45) is 0 Å². The fourth-order valence-electron chi connectivity index (χ4n) is 1.95. The highest BCUT2D eigenvalue weighted by Crippen LogP contribution is 2.22. The number of benzene rings is 1. The molecule has 1 aromatic rings. The monoisotopic (exact) mass is 417 g/mol. The van der Waals surface area contributed by atoms with Crippen LogP contribution in [0.3, 0.4) is 0 Å². The molecule has 0 saturated carbocycles. The van der Waals surface area contributed by atoms with E-state index in [2.05, 4.69) is 26.8 Å². The molecule has 0 aliphatic rings. The van der Waals surface area contributed by atoms with E-state index in [1.54, 1.807) is 0 Å². The summed E-state index contributed by atoms with van der Waals surface area (Å²) in [6.45, 7) is 6.57. The Hall–Kier alpha value is 0.460. The van der Waals surface area contributed by atoms with Gasteiger partial charge in [0.2, 0.25) is 0 Å². The van der Waals surface area contributed by atoms with Crippen molar-refractivity contribution in [1.82, 2.24) is 0 Å². The second-order valence-electron chi connectivity index (χ2n) is 3.33. The standard InChI is InChI=1S/C12H19N.3BrH/c1-4-9-7-8-12(13)11(6-3)10(9)5-2;;;/h7-8H,4-6,13H2,1-3H3;3*1H. The quantitative estimate of drug-likeness (QED) is 0.706. The van der Waals surface area contributed by atoms with Crippen molar-refractivity contribution in [2.75, 3.05) is 5.73 Å². The summed E-state index contributed by atoms with van der Waals surface area (Å²) >= 11 is 0. The molecule has 96 valence electrons. The molecule has 1 aromatic carbocycles. The smallest absolute Gasteiger partial charge is 0.0349 e. The normalized spacial score (nSPS) is 8.44. The lowest BCUT2D eigenvalue weighted by atomic mass is 9.94. The minimum absolute atomic E-state index is 0. The van der Waals surface area contributed by atoms with Crippen molar-refractivity contribution in [1.29, 1.82) is 0 Å². The van der Waals surface area contributed by atoms with E-state index < -0.39 is 0 Å². The molecule has 4 heteroatoms. The first kappa shape index (κ1) is 21.7. The number of hydrogen-bond acceptors (Lipinski definition) is 1. The van der Waals surface area contributed by atoms with Gasteiger partial charge >= 0.3 is 0 Å². The van der Waals surface area contributed by atoms with Crippen molar-refractivity contribution >= 4 is 56.6 Å². The summed E-state index contributed by atoms with van der Waals surface area (Å²) in [5, 5.41) is 0. The minimum atomic E-state index is 0. The van der Waals surface area contributed by atoms with Crippen LogP contribution in [0.2, 0.25) is 0 Å². The van der Waals surface area contributed by atoms with Gasteiger partial charge in [-0.25, -0.2) is 0 Å². The van der Waals surface area contributed by atoms with E-state index in [4.69, 9.17) is 5.73 Å². The summed E-state index contributed by atoms with van der Waals surface area (Å²) in [7, 11) is 0. The van der Waals surface area contributed by atoms with E-state index in [1.807, 2.05) is 6.07 Å². The molecule has 16 heavy (non-hydrogen) atoms. The number of halogens is 3. The largest absolute Gasteiger partial charge is 0.398 e. The number of aryl methyl sites for hydroxylation is 1. The minimum Gasteiger partial charge on any atom is -0.398 e. The fourth-order valence-corrected chi connectivity index (χ4v) is 1.95. The third-order valence-electron chi connectivity index (χ3n) is 2.65.